The van der Waals surface area contributed by atoms with Gasteiger partial charge in [0.2, 0.25) is 0 Å². The predicted octanol–water partition coefficient (Wildman–Crippen LogP) is 4.94. The average Bonchev–Trinajstić information content (AvgIpc) is 3.27. The van der Waals surface area contributed by atoms with Crippen LogP contribution in [0.3, 0.4) is 0 Å². The topological polar surface area (TPSA) is 80.5 Å². The van der Waals surface area contributed by atoms with E-state index in [1.54, 1.807) is 0 Å². The summed E-state index contributed by atoms with van der Waals surface area (Å²) in [5.41, 5.74) is 0. The molecule has 4 unspecified atom stereocenters. The third kappa shape index (κ3) is 48.4. The van der Waals surface area contributed by atoms with Gasteiger partial charge in [0.15, 0.2) is 0 Å². The molecule has 14 heteroatoms. The number of nitrogens with zero attached hydrogens (tertiary/aromatic N) is 10. The molecular formula is C56H128N14. The number of nitrogens with one attached hydrogen (secondary N) is 4. The van der Waals surface area contributed by atoms with Crippen LogP contribution in [-0.2, 0) is 0 Å². The molecule has 0 fully saturated rings. The molecule has 0 aromatic heterocycles. The van der Waals surface area contributed by atoms with Crippen molar-refractivity contribution in [1.82, 2.24) is 70.3 Å². The highest BCUT2D eigenvalue weighted by atomic mass is 15.1. The van der Waals surface area contributed by atoms with Gasteiger partial charge >= 0.3 is 0 Å². The maximum absolute atomic E-state index is 3.98. The molecule has 0 saturated heterocycles. The van der Waals surface area contributed by atoms with Crippen LogP contribution in [0.1, 0.15) is 116 Å². The standard InChI is InChI=1S/C56H128N14/c1-61(2)39-23-35-57-53(31-49-65(9)10)27-19-45-69(46-20-28-54(32-50-66(11)12)58-36-24-40-62(3)4)43-17-18-44-70(47-21-29-55(33-51-67(13)14)59-37-25-41-63(5)6)48-22-30-56(34-52-68(15)16)60-38-26-42-64(7)8/h53-60H,17-52H2,1-16H3. The molecule has 0 amide bonds. The molecule has 0 aromatic carbocycles. The van der Waals surface area contributed by atoms with Crippen molar-refractivity contribution in [3.05, 3.63) is 0 Å². The van der Waals surface area contributed by atoms with Gasteiger partial charge in [0.1, 0.15) is 0 Å². The molecule has 0 aromatic rings. The van der Waals surface area contributed by atoms with Crippen molar-refractivity contribution in [2.75, 3.05) is 231 Å². The van der Waals surface area contributed by atoms with Gasteiger partial charge in [-0.05, 0) is 346 Å². The van der Waals surface area contributed by atoms with E-state index in [0.717, 1.165) is 78.5 Å². The Morgan fingerprint density at radius 3 is 0.571 bits per heavy atom. The first-order valence-corrected chi connectivity index (χ1v) is 28.9. The third-order valence-electron chi connectivity index (χ3n) is 13.9. The van der Waals surface area contributed by atoms with Crippen LogP contribution in [0.2, 0.25) is 0 Å². The van der Waals surface area contributed by atoms with Crippen LogP contribution < -0.4 is 21.3 Å². The first-order chi connectivity index (χ1) is 33.4. The summed E-state index contributed by atoms with van der Waals surface area (Å²) >= 11 is 0. The van der Waals surface area contributed by atoms with E-state index in [1.807, 2.05) is 0 Å². The van der Waals surface area contributed by atoms with E-state index in [9.17, 15) is 0 Å². The number of unbranched alkanes of at least 4 members (excludes halogenated alkanes) is 1. The van der Waals surface area contributed by atoms with E-state index in [1.165, 1.54) is 155 Å². The Morgan fingerprint density at radius 1 is 0.200 bits per heavy atom. The minimum Gasteiger partial charge on any atom is -0.314 e. The summed E-state index contributed by atoms with van der Waals surface area (Å²) in [4.78, 5) is 24.4. The van der Waals surface area contributed by atoms with Crippen LogP contribution in [0.25, 0.3) is 0 Å². The zero-order valence-electron chi connectivity index (χ0n) is 50.2. The van der Waals surface area contributed by atoms with Gasteiger partial charge in [-0.3, -0.25) is 0 Å². The fourth-order valence-electron chi connectivity index (χ4n) is 9.44. The molecule has 0 aliphatic carbocycles. The minimum atomic E-state index is 0.591. The fraction of sp³-hybridized carbons (Fsp3) is 1.00. The molecule has 4 atom stereocenters. The van der Waals surface area contributed by atoms with Crippen molar-refractivity contribution in [1.29, 1.82) is 0 Å². The first kappa shape index (κ1) is 69.4. The van der Waals surface area contributed by atoms with Crippen molar-refractivity contribution >= 4 is 0 Å². The van der Waals surface area contributed by atoms with Crippen molar-refractivity contribution in [2.45, 2.75) is 140 Å². The van der Waals surface area contributed by atoms with E-state index in [2.05, 4.69) is 183 Å². The van der Waals surface area contributed by atoms with Gasteiger partial charge in [0.25, 0.3) is 0 Å². The van der Waals surface area contributed by atoms with Crippen LogP contribution in [0, 0.1) is 0 Å². The van der Waals surface area contributed by atoms with Crippen LogP contribution in [0.4, 0.5) is 0 Å². The molecule has 0 heterocycles. The lowest BCUT2D eigenvalue weighted by Gasteiger charge is -2.28. The average molecular weight is 998 g/mol. The lowest BCUT2D eigenvalue weighted by molar-refractivity contribution is 0.219. The second-order valence-electron chi connectivity index (χ2n) is 23.6. The SMILES string of the molecule is CN(C)CCCNC(CCCN(CCCCN(CCCC(CCN(C)C)NCCCN(C)C)CCCC(CCN(C)C)NCCCN(C)C)CCCC(CCN(C)C)NCCCN(C)C)CCN(C)C. The third-order valence-corrected chi connectivity index (χ3v) is 13.9. The van der Waals surface area contributed by atoms with Gasteiger partial charge in [-0.2, -0.15) is 0 Å². The summed E-state index contributed by atoms with van der Waals surface area (Å²) in [6.07, 6.45) is 22.5. The maximum atomic E-state index is 3.98. The molecule has 0 saturated carbocycles. The first-order valence-electron chi connectivity index (χ1n) is 28.9. The molecule has 4 N–H and O–H groups in total. The highest BCUT2D eigenvalue weighted by molar-refractivity contribution is 4.76. The lowest BCUT2D eigenvalue weighted by Crippen LogP contribution is -2.37. The molecule has 0 rings (SSSR count). The van der Waals surface area contributed by atoms with E-state index in [-0.39, 0.29) is 0 Å². The van der Waals surface area contributed by atoms with Crippen molar-refractivity contribution in [3.8, 4) is 0 Å². The maximum Gasteiger partial charge on any atom is 0.00797 e. The predicted molar refractivity (Wildman–Crippen MR) is 312 cm³/mol. The molecule has 0 bridgehead atoms. The highest BCUT2D eigenvalue weighted by Crippen LogP contribution is 2.13. The zero-order valence-corrected chi connectivity index (χ0v) is 50.2. The summed E-state index contributed by atoms with van der Waals surface area (Å²) < 4.78 is 0. The van der Waals surface area contributed by atoms with Gasteiger partial charge in [0.05, 0.1) is 0 Å². The summed E-state index contributed by atoms with van der Waals surface area (Å²) in [5, 5.41) is 15.9. The van der Waals surface area contributed by atoms with Crippen molar-refractivity contribution in [3.63, 3.8) is 0 Å². The Hall–Kier alpha value is -0.560. The second kappa shape index (κ2) is 46.9. The van der Waals surface area contributed by atoms with Crippen LogP contribution in [0.15, 0.2) is 0 Å². The van der Waals surface area contributed by atoms with Crippen molar-refractivity contribution < 1.29 is 0 Å². The van der Waals surface area contributed by atoms with Gasteiger partial charge in [-0.1, -0.05) is 0 Å². The highest BCUT2D eigenvalue weighted by Gasteiger charge is 2.16. The Kier molecular flexibility index (Phi) is 46.6. The summed E-state index contributed by atoms with van der Waals surface area (Å²) in [5.74, 6) is 0. The second-order valence-corrected chi connectivity index (χ2v) is 23.6. The molecule has 14 nitrogen and oxygen atoms in total. The molecule has 0 radical (unpaired) electrons. The monoisotopic (exact) mass is 997 g/mol. The largest absolute Gasteiger partial charge is 0.314 e. The number of hydrogen-bond donors (Lipinski definition) is 4. The van der Waals surface area contributed by atoms with Gasteiger partial charge in [0, 0.05) is 24.2 Å². The summed E-state index contributed by atoms with van der Waals surface area (Å²) in [6, 6.07) is 2.36. The van der Waals surface area contributed by atoms with Crippen molar-refractivity contribution in [2.24, 2.45) is 0 Å². The molecular weight excluding hydrogens is 869 g/mol. The van der Waals surface area contributed by atoms with Crippen LogP contribution in [0.5, 0.6) is 0 Å². The van der Waals surface area contributed by atoms with Gasteiger partial charge < -0.3 is 70.3 Å². The number of rotatable bonds is 53. The Labute approximate surface area is 439 Å². The molecule has 0 spiro atoms. The minimum absolute atomic E-state index is 0.591. The Morgan fingerprint density at radius 2 is 0.386 bits per heavy atom. The van der Waals surface area contributed by atoms with Crippen LogP contribution >= 0.6 is 0 Å². The van der Waals surface area contributed by atoms with Crippen LogP contribution in [-0.4, -0.2) is 304 Å². The zero-order chi connectivity index (χ0) is 52.4. The summed E-state index contributed by atoms with van der Waals surface area (Å²) in [6.45, 7) is 20.9. The lowest BCUT2D eigenvalue weighted by atomic mass is 10.0. The molecule has 422 valence electrons. The Balaban J connectivity index is 6.00. The molecule has 0 aliphatic rings. The summed E-state index contributed by atoms with van der Waals surface area (Å²) in [7, 11) is 35.3. The number of hydrogen-bond acceptors (Lipinski definition) is 14. The van der Waals surface area contributed by atoms with E-state index >= 15 is 0 Å². The molecule has 0 aliphatic heterocycles. The molecule has 70 heavy (non-hydrogen) atoms. The van der Waals surface area contributed by atoms with Gasteiger partial charge in [-0.15, -0.1) is 0 Å². The van der Waals surface area contributed by atoms with E-state index in [4.69, 9.17) is 0 Å². The fourth-order valence-corrected chi connectivity index (χ4v) is 9.44. The smallest absolute Gasteiger partial charge is 0.00797 e. The van der Waals surface area contributed by atoms with Gasteiger partial charge in [-0.25, -0.2) is 0 Å². The van der Waals surface area contributed by atoms with E-state index < -0.39 is 0 Å². The normalized spacial score (nSPS) is 14.5. The Bertz CT molecular complexity index is 919. The van der Waals surface area contributed by atoms with E-state index in [0.29, 0.717) is 24.2 Å². The quantitative estimate of drug-likeness (QED) is 0.0623.